The van der Waals surface area contributed by atoms with E-state index >= 15 is 0 Å². The first-order valence-corrected chi connectivity index (χ1v) is 6.22. The van der Waals surface area contributed by atoms with Gasteiger partial charge in [0.1, 0.15) is 19.8 Å². The van der Waals surface area contributed by atoms with Gasteiger partial charge in [-0.1, -0.05) is 0 Å². The van der Waals surface area contributed by atoms with Gasteiger partial charge in [0.2, 0.25) is 11.9 Å². The van der Waals surface area contributed by atoms with Crippen LogP contribution in [0, 0.1) is 0 Å². The SMILES string of the molecule is Cn1cccc1-c1cccc(-c2occ[n+]2C)[n+]1C. The minimum atomic E-state index is 0.846. The summed E-state index contributed by atoms with van der Waals surface area (Å²) in [5.41, 5.74) is 3.38. The second-order valence-electron chi connectivity index (χ2n) is 4.68. The Balaban J connectivity index is 2.21. The van der Waals surface area contributed by atoms with Crippen LogP contribution in [0.2, 0.25) is 0 Å². The van der Waals surface area contributed by atoms with Crippen molar-refractivity contribution in [3.63, 3.8) is 0 Å². The van der Waals surface area contributed by atoms with Crippen molar-refractivity contribution in [2.75, 3.05) is 0 Å². The minimum Gasteiger partial charge on any atom is -0.402 e. The van der Waals surface area contributed by atoms with E-state index in [1.54, 1.807) is 6.26 Å². The highest BCUT2D eigenvalue weighted by atomic mass is 16.3. The average Bonchev–Trinajstić information content (AvgIpc) is 2.99. The zero-order valence-electron chi connectivity index (χ0n) is 11.4. The fourth-order valence-electron chi connectivity index (χ4n) is 2.36. The third kappa shape index (κ3) is 1.85. The van der Waals surface area contributed by atoms with E-state index in [4.69, 9.17) is 4.42 Å². The number of aromatic nitrogens is 3. The second-order valence-corrected chi connectivity index (χ2v) is 4.68. The first-order valence-electron chi connectivity index (χ1n) is 6.22. The molecule has 3 rings (SSSR count). The molecule has 0 spiro atoms. The highest BCUT2D eigenvalue weighted by Gasteiger charge is 2.26. The Labute approximate surface area is 112 Å². The average molecular weight is 255 g/mol. The smallest absolute Gasteiger partial charge is 0.402 e. The maximum absolute atomic E-state index is 5.57. The van der Waals surface area contributed by atoms with Crippen LogP contribution >= 0.6 is 0 Å². The zero-order chi connectivity index (χ0) is 13.4. The van der Waals surface area contributed by atoms with Crippen LogP contribution < -0.4 is 9.13 Å². The summed E-state index contributed by atoms with van der Waals surface area (Å²) in [7, 11) is 6.09. The molecule has 0 saturated heterocycles. The lowest BCUT2D eigenvalue weighted by molar-refractivity contribution is -0.687. The number of rotatable bonds is 2. The van der Waals surface area contributed by atoms with E-state index < -0.39 is 0 Å². The minimum absolute atomic E-state index is 0.846. The van der Waals surface area contributed by atoms with Crippen molar-refractivity contribution < 1.29 is 13.6 Å². The maximum Gasteiger partial charge on any atom is 0.446 e. The van der Waals surface area contributed by atoms with Crippen molar-refractivity contribution in [2.24, 2.45) is 21.1 Å². The van der Waals surface area contributed by atoms with Crippen molar-refractivity contribution in [2.45, 2.75) is 0 Å². The van der Waals surface area contributed by atoms with Crippen molar-refractivity contribution >= 4 is 0 Å². The Hall–Kier alpha value is -2.36. The van der Waals surface area contributed by atoms with Crippen LogP contribution in [0.15, 0.2) is 53.4 Å². The predicted molar refractivity (Wildman–Crippen MR) is 70.9 cm³/mol. The van der Waals surface area contributed by atoms with Crippen molar-refractivity contribution in [3.05, 3.63) is 49.0 Å². The fraction of sp³-hybridized carbons (Fsp3) is 0.200. The van der Waals surface area contributed by atoms with Crippen LogP contribution in [0.3, 0.4) is 0 Å². The highest BCUT2D eigenvalue weighted by Crippen LogP contribution is 2.18. The Morgan fingerprint density at radius 1 is 1.05 bits per heavy atom. The molecule has 0 unspecified atom stereocenters. The molecule has 0 amide bonds. The number of pyridine rings is 1. The molecule has 0 N–H and O–H groups in total. The van der Waals surface area contributed by atoms with Gasteiger partial charge in [0, 0.05) is 25.4 Å². The molecular weight excluding hydrogens is 238 g/mol. The molecule has 3 aromatic rings. The zero-order valence-corrected chi connectivity index (χ0v) is 11.4. The Bertz CT molecular complexity index is 666. The van der Waals surface area contributed by atoms with Gasteiger partial charge in [-0.15, -0.1) is 0 Å². The molecule has 4 nitrogen and oxygen atoms in total. The maximum atomic E-state index is 5.57. The van der Waals surface area contributed by atoms with Gasteiger partial charge in [-0.2, -0.15) is 9.13 Å². The van der Waals surface area contributed by atoms with Gasteiger partial charge in [0.05, 0.1) is 0 Å². The van der Waals surface area contributed by atoms with Gasteiger partial charge in [-0.3, -0.25) is 0 Å². The molecule has 0 saturated carbocycles. The molecule has 96 valence electrons. The van der Waals surface area contributed by atoms with Gasteiger partial charge >= 0.3 is 11.6 Å². The van der Waals surface area contributed by atoms with Crippen LogP contribution in [0.25, 0.3) is 23.0 Å². The molecule has 0 fully saturated rings. The van der Waals surface area contributed by atoms with Crippen LogP contribution in [-0.4, -0.2) is 4.57 Å². The number of oxazole rings is 1. The molecular formula is C15H17N3O+2. The van der Waals surface area contributed by atoms with Crippen LogP contribution in [0.5, 0.6) is 0 Å². The van der Waals surface area contributed by atoms with Gasteiger partial charge in [0.15, 0.2) is 6.26 Å². The lowest BCUT2D eigenvalue weighted by Gasteiger charge is -2.03. The van der Waals surface area contributed by atoms with E-state index in [1.807, 2.05) is 17.8 Å². The molecule has 0 radical (unpaired) electrons. The summed E-state index contributed by atoms with van der Waals surface area (Å²) in [6.45, 7) is 0. The van der Waals surface area contributed by atoms with E-state index in [-0.39, 0.29) is 0 Å². The van der Waals surface area contributed by atoms with Crippen LogP contribution in [0.1, 0.15) is 0 Å². The number of hydrogen-bond donors (Lipinski definition) is 0. The van der Waals surface area contributed by atoms with E-state index in [1.165, 1.54) is 5.69 Å². The van der Waals surface area contributed by atoms with Crippen LogP contribution in [0.4, 0.5) is 0 Å². The standard InChI is InChI=1S/C15H17N3O/c1-16-9-5-8-12(16)13-6-4-7-14(18(13)3)15-17(2)10-11-19-15/h4-11H,1-3H3/q+2. The van der Waals surface area contributed by atoms with E-state index in [9.17, 15) is 0 Å². The number of aryl methyl sites for hydroxylation is 2. The van der Waals surface area contributed by atoms with Gasteiger partial charge in [-0.05, 0) is 18.2 Å². The summed E-state index contributed by atoms with van der Waals surface area (Å²) in [4.78, 5) is 0. The Kier molecular flexibility index (Phi) is 2.71. The summed E-state index contributed by atoms with van der Waals surface area (Å²) in [6.07, 6.45) is 5.66. The van der Waals surface area contributed by atoms with E-state index in [0.717, 1.165) is 17.3 Å². The molecule has 0 aliphatic rings. The molecule has 4 heteroatoms. The molecule has 0 aromatic carbocycles. The monoisotopic (exact) mass is 255 g/mol. The van der Waals surface area contributed by atoms with Gasteiger partial charge < -0.3 is 8.98 Å². The molecule has 0 aliphatic heterocycles. The molecule has 0 bridgehead atoms. The summed E-state index contributed by atoms with van der Waals surface area (Å²) in [6, 6.07) is 10.4. The normalized spacial score (nSPS) is 10.9. The fourth-order valence-corrected chi connectivity index (χ4v) is 2.36. The molecule has 19 heavy (non-hydrogen) atoms. The summed E-state index contributed by atoms with van der Waals surface area (Å²) < 4.78 is 11.8. The summed E-state index contributed by atoms with van der Waals surface area (Å²) >= 11 is 0. The second kappa shape index (κ2) is 4.39. The quantitative estimate of drug-likeness (QED) is 0.639. The third-order valence-electron chi connectivity index (χ3n) is 3.44. The van der Waals surface area contributed by atoms with Crippen LogP contribution in [-0.2, 0) is 21.1 Å². The highest BCUT2D eigenvalue weighted by molar-refractivity contribution is 5.54. The van der Waals surface area contributed by atoms with Crippen molar-refractivity contribution in [3.8, 4) is 23.0 Å². The van der Waals surface area contributed by atoms with Crippen molar-refractivity contribution in [1.82, 2.24) is 4.57 Å². The Morgan fingerprint density at radius 3 is 2.47 bits per heavy atom. The largest absolute Gasteiger partial charge is 0.446 e. The van der Waals surface area contributed by atoms with Gasteiger partial charge in [-0.25, -0.2) is 0 Å². The lowest BCUT2D eigenvalue weighted by Crippen LogP contribution is -2.38. The molecule has 3 aromatic heterocycles. The predicted octanol–water partition coefficient (Wildman–Crippen LogP) is 1.60. The van der Waals surface area contributed by atoms with Crippen molar-refractivity contribution in [1.29, 1.82) is 0 Å². The Morgan fingerprint density at radius 2 is 1.84 bits per heavy atom. The topological polar surface area (TPSA) is 25.8 Å². The van der Waals surface area contributed by atoms with Gasteiger partial charge in [0.25, 0.3) is 0 Å². The van der Waals surface area contributed by atoms with E-state index in [0.29, 0.717) is 0 Å². The molecule has 0 atom stereocenters. The third-order valence-corrected chi connectivity index (χ3v) is 3.44. The number of hydrogen-bond acceptors (Lipinski definition) is 1. The lowest BCUT2D eigenvalue weighted by atomic mass is 10.2. The molecule has 0 aliphatic carbocycles. The number of nitrogens with zero attached hydrogens (tertiary/aromatic N) is 3. The first-order chi connectivity index (χ1) is 9.18. The molecule has 3 heterocycles. The van der Waals surface area contributed by atoms with E-state index in [2.05, 4.69) is 59.8 Å². The summed E-state index contributed by atoms with van der Waals surface area (Å²) in [5.74, 6) is 0.846. The first kappa shape index (κ1) is 11.7. The summed E-state index contributed by atoms with van der Waals surface area (Å²) in [5, 5.41) is 0.